The lowest BCUT2D eigenvalue weighted by Crippen LogP contribution is -1.96. The molecular weight excluding hydrogens is 230 g/mol. The van der Waals surface area contributed by atoms with Crippen LogP contribution in [-0.4, -0.2) is 10.1 Å². The van der Waals surface area contributed by atoms with E-state index in [1.54, 1.807) is 18.3 Å². The van der Waals surface area contributed by atoms with Crippen LogP contribution < -0.4 is 0 Å². The summed E-state index contributed by atoms with van der Waals surface area (Å²) in [6, 6.07) is 3.67. The second-order valence-corrected chi connectivity index (χ2v) is 4.01. The molecule has 0 aliphatic carbocycles. The molecule has 1 unspecified atom stereocenters. The van der Waals surface area contributed by atoms with Crippen molar-refractivity contribution in [2.75, 3.05) is 0 Å². The molecule has 1 N–H and O–H groups in total. The van der Waals surface area contributed by atoms with Gasteiger partial charge in [-0.15, -0.1) is 0 Å². The van der Waals surface area contributed by atoms with Gasteiger partial charge in [-0.2, -0.15) is 0 Å². The van der Waals surface area contributed by atoms with Gasteiger partial charge in [-0.1, -0.05) is 11.6 Å². The van der Waals surface area contributed by atoms with E-state index in [0.29, 0.717) is 5.69 Å². The first-order valence-corrected chi connectivity index (χ1v) is 4.83. The van der Waals surface area contributed by atoms with E-state index in [1.165, 1.54) is 0 Å². The average Bonchev–Trinajstić information content (AvgIpc) is 2.04. The second kappa shape index (κ2) is 4.53. The lowest BCUT2D eigenvalue weighted by atomic mass is 10.2. The van der Waals surface area contributed by atoms with E-state index in [4.69, 9.17) is 0 Å². The summed E-state index contributed by atoms with van der Waals surface area (Å²) in [4.78, 5) is 4.09. The summed E-state index contributed by atoms with van der Waals surface area (Å²) in [5.41, 5.74) is 1.75. The molecule has 2 nitrogen and oxygen atoms in total. The molecular formula is C10H12BrNO. The molecule has 1 heterocycles. The summed E-state index contributed by atoms with van der Waals surface area (Å²) in [7, 11) is 0. The lowest BCUT2D eigenvalue weighted by molar-refractivity contribution is 0.222. The van der Waals surface area contributed by atoms with E-state index in [1.807, 2.05) is 19.9 Å². The van der Waals surface area contributed by atoms with Crippen molar-refractivity contribution < 1.29 is 5.11 Å². The van der Waals surface area contributed by atoms with Crippen molar-refractivity contribution in [3.05, 3.63) is 40.1 Å². The van der Waals surface area contributed by atoms with Crippen molar-refractivity contribution in [1.82, 2.24) is 4.98 Å². The van der Waals surface area contributed by atoms with Crippen LogP contribution in [0.15, 0.2) is 34.5 Å². The molecule has 0 aliphatic heterocycles. The molecule has 0 bridgehead atoms. The third-order valence-corrected chi connectivity index (χ3v) is 2.01. The lowest BCUT2D eigenvalue weighted by Gasteiger charge is -2.05. The highest BCUT2D eigenvalue weighted by atomic mass is 79.9. The molecule has 0 amide bonds. The first-order chi connectivity index (χ1) is 6.09. The molecule has 70 valence electrons. The van der Waals surface area contributed by atoms with E-state index in [-0.39, 0.29) is 0 Å². The van der Waals surface area contributed by atoms with Gasteiger partial charge in [0.25, 0.3) is 0 Å². The molecule has 1 atom stereocenters. The topological polar surface area (TPSA) is 33.1 Å². The summed E-state index contributed by atoms with van der Waals surface area (Å²) in [5.74, 6) is 0. The summed E-state index contributed by atoms with van der Waals surface area (Å²) in [6.07, 6.45) is 2.85. The zero-order valence-corrected chi connectivity index (χ0v) is 9.25. The third kappa shape index (κ3) is 3.28. The number of allylic oxidation sites excluding steroid dienone is 1. The van der Waals surface area contributed by atoms with Crippen LogP contribution in [0.4, 0.5) is 0 Å². The highest BCUT2D eigenvalue weighted by Gasteiger charge is 2.04. The number of aliphatic hydroxyl groups is 1. The normalized spacial score (nSPS) is 12.3. The van der Waals surface area contributed by atoms with Gasteiger partial charge in [0, 0.05) is 10.7 Å². The number of aromatic nitrogens is 1. The van der Waals surface area contributed by atoms with Gasteiger partial charge in [-0.05, 0) is 41.9 Å². The van der Waals surface area contributed by atoms with Crippen LogP contribution >= 0.6 is 15.9 Å². The number of rotatable bonds is 2. The first-order valence-electron chi connectivity index (χ1n) is 4.04. The zero-order valence-electron chi connectivity index (χ0n) is 7.66. The molecule has 0 aliphatic rings. The van der Waals surface area contributed by atoms with Crippen LogP contribution in [0.1, 0.15) is 25.6 Å². The van der Waals surface area contributed by atoms with Gasteiger partial charge in [-0.25, -0.2) is 0 Å². The monoisotopic (exact) mass is 241 g/mol. The smallest absolute Gasteiger partial charge is 0.114 e. The first kappa shape index (κ1) is 10.4. The zero-order chi connectivity index (χ0) is 9.84. The molecule has 1 rings (SSSR count). The van der Waals surface area contributed by atoms with E-state index < -0.39 is 6.10 Å². The summed E-state index contributed by atoms with van der Waals surface area (Å²) in [5, 5.41) is 9.63. The van der Waals surface area contributed by atoms with Crippen molar-refractivity contribution in [2.24, 2.45) is 0 Å². The van der Waals surface area contributed by atoms with E-state index >= 15 is 0 Å². The predicted molar refractivity (Wildman–Crippen MR) is 56.3 cm³/mol. The Kier molecular flexibility index (Phi) is 3.63. The maximum absolute atomic E-state index is 9.63. The number of halogens is 1. The Morgan fingerprint density at radius 2 is 2.23 bits per heavy atom. The van der Waals surface area contributed by atoms with Crippen molar-refractivity contribution >= 4 is 15.9 Å². The Labute approximate surface area is 86.4 Å². The van der Waals surface area contributed by atoms with Crippen molar-refractivity contribution in [3.8, 4) is 0 Å². The fourth-order valence-electron chi connectivity index (χ4n) is 0.963. The van der Waals surface area contributed by atoms with E-state index in [0.717, 1.165) is 10.0 Å². The van der Waals surface area contributed by atoms with E-state index in [9.17, 15) is 5.11 Å². The summed E-state index contributed by atoms with van der Waals surface area (Å²) >= 11 is 3.29. The molecule has 0 aromatic carbocycles. The van der Waals surface area contributed by atoms with Crippen LogP contribution in [0.2, 0.25) is 0 Å². The Hall–Kier alpha value is -0.670. The Bertz CT molecular complexity index is 301. The number of aliphatic hydroxyl groups excluding tert-OH is 1. The molecule has 0 fully saturated rings. The highest BCUT2D eigenvalue weighted by molar-refractivity contribution is 9.10. The minimum absolute atomic E-state index is 0.599. The molecule has 1 aromatic rings. The Morgan fingerprint density at radius 1 is 1.54 bits per heavy atom. The molecule has 13 heavy (non-hydrogen) atoms. The van der Waals surface area contributed by atoms with Crippen LogP contribution in [0.3, 0.4) is 0 Å². The number of pyridine rings is 1. The SMILES string of the molecule is CC(C)=CC(O)c1ccc(Br)cn1. The minimum Gasteiger partial charge on any atom is -0.383 e. The van der Waals surface area contributed by atoms with E-state index in [2.05, 4.69) is 20.9 Å². The summed E-state index contributed by atoms with van der Waals surface area (Å²) < 4.78 is 0.917. The molecule has 0 spiro atoms. The van der Waals surface area contributed by atoms with Crippen LogP contribution in [0, 0.1) is 0 Å². The standard InChI is InChI=1S/C10H12BrNO/c1-7(2)5-10(13)9-4-3-8(11)6-12-9/h3-6,10,13H,1-2H3. The maximum Gasteiger partial charge on any atom is 0.114 e. The fourth-order valence-corrected chi connectivity index (χ4v) is 1.20. The molecule has 3 heteroatoms. The quantitative estimate of drug-likeness (QED) is 0.809. The molecule has 0 radical (unpaired) electrons. The van der Waals surface area contributed by atoms with Crippen LogP contribution in [-0.2, 0) is 0 Å². The molecule has 0 saturated heterocycles. The average molecular weight is 242 g/mol. The predicted octanol–water partition coefficient (Wildman–Crippen LogP) is 2.84. The number of hydrogen-bond acceptors (Lipinski definition) is 2. The van der Waals surface area contributed by atoms with Crippen molar-refractivity contribution in [2.45, 2.75) is 20.0 Å². The van der Waals surface area contributed by atoms with Crippen molar-refractivity contribution in [3.63, 3.8) is 0 Å². The van der Waals surface area contributed by atoms with Crippen molar-refractivity contribution in [1.29, 1.82) is 0 Å². The van der Waals surface area contributed by atoms with Gasteiger partial charge in [0.15, 0.2) is 0 Å². The second-order valence-electron chi connectivity index (χ2n) is 3.09. The van der Waals surface area contributed by atoms with Gasteiger partial charge in [0.2, 0.25) is 0 Å². The third-order valence-electron chi connectivity index (χ3n) is 1.54. The highest BCUT2D eigenvalue weighted by Crippen LogP contribution is 2.15. The summed E-state index contributed by atoms with van der Waals surface area (Å²) in [6.45, 7) is 3.89. The number of hydrogen-bond donors (Lipinski definition) is 1. The number of nitrogens with zero attached hydrogens (tertiary/aromatic N) is 1. The van der Waals surface area contributed by atoms with Crippen LogP contribution in [0.5, 0.6) is 0 Å². The molecule has 0 saturated carbocycles. The molecule has 1 aromatic heterocycles. The fraction of sp³-hybridized carbons (Fsp3) is 0.300. The Morgan fingerprint density at radius 3 is 2.69 bits per heavy atom. The van der Waals surface area contributed by atoms with Crippen LogP contribution in [0.25, 0.3) is 0 Å². The van der Waals surface area contributed by atoms with Gasteiger partial charge >= 0.3 is 0 Å². The largest absolute Gasteiger partial charge is 0.383 e. The van der Waals surface area contributed by atoms with Gasteiger partial charge in [-0.3, -0.25) is 4.98 Å². The van der Waals surface area contributed by atoms with Gasteiger partial charge < -0.3 is 5.11 Å². The van der Waals surface area contributed by atoms with Gasteiger partial charge in [0.1, 0.15) is 6.10 Å². The van der Waals surface area contributed by atoms with Gasteiger partial charge in [0.05, 0.1) is 5.69 Å². The minimum atomic E-state index is -0.599. The Balaban J connectivity index is 2.83. The maximum atomic E-state index is 9.63.